The highest BCUT2D eigenvalue weighted by Gasteiger charge is 2.19. The molecule has 0 fully saturated rings. The van der Waals surface area contributed by atoms with E-state index in [0.717, 1.165) is 12.8 Å². The fraction of sp³-hybridized carbons (Fsp3) is 0.263. The van der Waals surface area contributed by atoms with Gasteiger partial charge in [-0.3, -0.25) is 0 Å². The first kappa shape index (κ1) is 19.3. The molecule has 0 unspecified atom stereocenters. The summed E-state index contributed by atoms with van der Waals surface area (Å²) in [6.07, 6.45) is 1.69. The highest BCUT2D eigenvalue weighted by atomic mass is 35.5. The van der Waals surface area contributed by atoms with E-state index in [2.05, 4.69) is 0 Å². The molecule has 0 heterocycles. The smallest absolute Gasteiger partial charge is 0.339 e. The standard InChI is InChI=1S/C19H18Cl2O4/c1-2-3-10-24-18(22)15-6-4-5-7-16(15)19(23)25-12-13-8-9-14(20)11-17(13)21/h4-9,11H,2-3,10,12H2,1H3. The number of carbonyl (C=O) groups is 2. The van der Waals surface area contributed by atoms with Crippen molar-refractivity contribution < 1.29 is 19.1 Å². The molecule has 0 spiro atoms. The van der Waals surface area contributed by atoms with Crippen molar-refractivity contribution in [2.75, 3.05) is 6.61 Å². The van der Waals surface area contributed by atoms with E-state index >= 15 is 0 Å². The average Bonchev–Trinajstić information content (AvgIpc) is 2.61. The van der Waals surface area contributed by atoms with Crippen molar-refractivity contribution in [1.29, 1.82) is 0 Å². The molecular formula is C19H18Cl2O4. The first-order valence-electron chi connectivity index (χ1n) is 7.90. The maximum absolute atomic E-state index is 12.4. The third kappa shape index (κ3) is 5.48. The van der Waals surface area contributed by atoms with E-state index in [4.69, 9.17) is 32.7 Å². The first-order chi connectivity index (χ1) is 12.0. The Morgan fingerprint density at radius 2 is 1.60 bits per heavy atom. The lowest BCUT2D eigenvalue weighted by molar-refractivity contribution is 0.0437. The van der Waals surface area contributed by atoms with Crippen molar-refractivity contribution in [1.82, 2.24) is 0 Å². The Balaban J connectivity index is 2.07. The van der Waals surface area contributed by atoms with Crippen LogP contribution in [0.25, 0.3) is 0 Å². The summed E-state index contributed by atoms with van der Waals surface area (Å²) in [4.78, 5) is 24.5. The van der Waals surface area contributed by atoms with Crippen LogP contribution in [0.5, 0.6) is 0 Å². The van der Waals surface area contributed by atoms with Gasteiger partial charge in [0.15, 0.2) is 0 Å². The molecule has 2 rings (SSSR count). The number of ether oxygens (including phenoxy) is 2. The van der Waals surface area contributed by atoms with E-state index in [9.17, 15) is 9.59 Å². The molecule has 25 heavy (non-hydrogen) atoms. The number of esters is 2. The Morgan fingerprint density at radius 3 is 2.20 bits per heavy atom. The van der Waals surface area contributed by atoms with Crippen molar-refractivity contribution in [3.8, 4) is 0 Å². The van der Waals surface area contributed by atoms with E-state index in [-0.39, 0.29) is 17.7 Å². The number of hydrogen-bond donors (Lipinski definition) is 0. The Morgan fingerprint density at radius 1 is 0.960 bits per heavy atom. The molecule has 0 amide bonds. The second kappa shape index (κ2) is 9.44. The molecule has 0 atom stereocenters. The van der Waals surface area contributed by atoms with Crippen molar-refractivity contribution in [3.05, 3.63) is 69.2 Å². The molecule has 6 heteroatoms. The summed E-state index contributed by atoms with van der Waals surface area (Å²) in [7, 11) is 0. The normalized spacial score (nSPS) is 10.4. The molecule has 0 saturated heterocycles. The molecule has 0 aliphatic heterocycles. The summed E-state index contributed by atoms with van der Waals surface area (Å²) in [5, 5.41) is 0.910. The van der Waals surface area contributed by atoms with E-state index in [1.54, 1.807) is 36.4 Å². The number of carbonyl (C=O) groups excluding carboxylic acids is 2. The molecule has 2 aromatic rings. The fourth-order valence-electron chi connectivity index (χ4n) is 2.09. The maximum atomic E-state index is 12.4. The molecule has 0 saturated carbocycles. The van der Waals surface area contributed by atoms with E-state index in [0.29, 0.717) is 22.2 Å². The lowest BCUT2D eigenvalue weighted by Crippen LogP contribution is -2.14. The van der Waals surface area contributed by atoms with Crippen LogP contribution in [0.3, 0.4) is 0 Å². The highest BCUT2D eigenvalue weighted by Crippen LogP contribution is 2.22. The molecule has 0 aromatic heterocycles. The second-order valence-electron chi connectivity index (χ2n) is 5.35. The minimum atomic E-state index is -0.617. The largest absolute Gasteiger partial charge is 0.462 e. The Bertz CT molecular complexity index is 759. The minimum Gasteiger partial charge on any atom is -0.462 e. The zero-order valence-corrected chi connectivity index (χ0v) is 15.3. The lowest BCUT2D eigenvalue weighted by atomic mass is 10.1. The van der Waals surface area contributed by atoms with Gasteiger partial charge in [0.25, 0.3) is 0 Å². The van der Waals surface area contributed by atoms with E-state index in [1.165, 1.54) is 6.07 Å². The number of hydrogen-bond acceptors (Lipinski definition) is 4. The summed E-state index contributed by atoms with van der Waals surface area (Å²) in [5.74, 6) is -1.15. The average molecular weight is 381 g/mol. The zero-order valence-electron chi connectivity index (χ0n) is 13.8. The van der Waals surface area contributed by atoms with Crippen LogP contribution in [0.4, 0.5) is 0 Å². The lowest BCUT2D eigenvalue weighted by Gasteiger charge is -2.10. The van der Waals surface area contributed by atoms with Gasteiger partial charge in [0.05, 0.1) is 17.7 Å². The van der Waals surface area contributed by atoms with Gasteiger partial charge >= 0.3 is 11.9 Å². The van der Waals surface area contributed by atoms with Crippen LogP contribution in [-0.2, 0) is 16.1 Å². The molecule has 0 aliphatic carbocycles. The van der Waals surface area contributed by atoms with Crippen LogP contribution in [0, 0.1) is 0 Å². The monoisotopic (exact) mass is 380 g/mol. The van der Waals surface area contributed by atoms with Crippen LogP contribution in [0.15, 0.2) is 42.5 Å². The molecule has 0 aliphatic rings. The molecule has 132 valence electrons. The Hall–Kier alpha value is -2.04. The van der Waals surface area contributed by atoms with Gasteiger partial charge in [-0.05, 0) is 30.7 Å². The van der Waals surface area contributed by atoms with E-state index < -0.39 is 11.9 Å². The molecule has 4 nitrogen and oxygen atoms in total. The SMILES string of the molecule is CCCCOC(=O)c1ccccc1C(=O)OCc1ccc(Cl)cc1Cl. The molecule has 2 aromatic carbocycles. The number of halogens is 2. The summed E-state index contributed by atoms with van der Waals surface area (Å²) >= 11 is 11.9. The van der Waals surface area contributed by atoms with Crippen LogP contribution >= 0.6 is 23.2 Å². The van der Waals surface area contributed by atoms with Gasteiger partial charge in [0.2, 0.25) is 0 Å². The van der Waals surface area contributed by atoms with Gasteiger partial charge in [-0.2, -0.15) is 0 Å². The third-order valence-corrected chi connectivity index (χ3v) is 4.06. The van der Waals surface area contributed by atoms with E-state index in [1.807, 2.05) is 6.92 Å². The summed E-state index contributed by atoms with van der Waals surface area (Å²) < 4.78 is 10.4. The maximum Gasteiger partial charge on any atom is 0.339 e. The summed E-state index contributed by atoms with van der Waals surface area (Å²) in [5.41, 5.74) is 0.974. The molecular weight excluding hydrogens is 363 g/mol. The highest BCUT2D eigenvalue weighted by molar-refractivity contribution is 6.35. The van der Waals surface area contributed by atoms with Gasteiger partial charge in [-0.25, -0.2) is 9.59 Å². The predicted molar refractivity (Wildman–Crippen MR) is 97.2 cm³/mol. The Labute approximate surface area is 156 Å². The van der Waals surface area contributed by atoms with Crippen molar-refractivity contribution in [2.45, 2.75) is 26.4 Å². The topological polar surface area (TPSA) is 52.6 Å². The summed E-state index contributed by atoms with van der Waals surface area (Å²) in [6.45, 7) is 2.30. The summed E-state index contributed by atoms with van der Waals surface area (Å²) in [6, 6.07) is 11.3. The quantitative estimate of drug-likeness (QED) is 0.482. The van der Waals surface area contributed by atoms with Crippen molar-refractivity contribution in [3.63, 3.8) is 0 Å². The molecule has 0 radical (unpaired) electrons. The van der Waals surface area contributed by atoms with Gasteiger partial charge in [-0.1, -0.05) is 54.7 Å². The van der Waals surface area contributed by atoms with Gasteiger partial charge in [0, 0.05) is 15.6 Å². The van der Waals surface area contributed by atoms with Crippen LogP contribution in [0.1, 0.15) is 46.0 Å². The molecule has 0 N–H and O–H groups in total. The van der Waals surface area contributed by atoms with Crippen molar-refractivity contribution in [2.24, 2.45) is 0 Å². The Kier molecular flexibility index (Phi) is 7.29. The van der Waals surface area contributed by atoms with Crippen LogP contribution < -0.4 is 0 Å². The van der Waals surface area contributed by atoms with Gasteiger partial charge < -0.3 is 9.47 Å². The second-order valence-corrected chi connectivity index (χ2v) is 6.19. The van der Waals surface area contributed by atoms with Crippen LogP contribution in [0.2, 0.25) is 10.0 Å². The predicted octanol–water partition coefficient (Wildman–Crippen LogP) is 5.31. The van der Waals surface area contributed by atoms with Gasteiger partial charge in [-0.15, -0.1) is 0 Å². The number of rotatable bonds is 7. The number of benzene rings is 2. The molecule has 0 bridgehead atoms. The number of unbranched alkanes of at least 4 members (excludes halogenated alkanes) is 1. The minimum absolute atomic E-state index is 0.0198. The van der Waals surface area contributed by atoms with Crippen molar-refractivity contribution >= 4 is 35.1 Å². The zero-order chi connectivity index (χ0) is 18.2. The third-order valence-electron chi connectivity index (χ3n) is 3.47. The first-order valence-corrected chi connectivity index (χ1v) is 8.65. The van der Waals surface area contributed by atoms with Gasteiger partial charge in [0.1, 0.15) is 6.61 Å². The fourth-order valence-corrected chi connectivity index (χ4v) is 2.55. The van der Waals surface area contributed by atoms with Crippen LogP contribution in [-0.4, -0.2) is 18.5 Å².